The van der Waals surface area contributed by atoms with Crippen molar-refractivity contribution in [2.75, 3.05) is 11.9 Å². The minimum atomic E-state index is 0.278. The summed E-state index contributed by atoms with van der Waals surface area (Å²) >= 11 is 3.13. The van der Waals surface area contributed by atoms with Crippen molar-refractivity contribution in [1.82, 2.24) is 0 Å². The Balaban J connectivity index is 2.06. The molecule has 0 aliphatic carbocycles. The zero-order valence-corrected chi connectivity index (χ0v) is 8.10. The highest BCUT2D eigenvalue weighted by Crippen LogP contribution is 2.16. The molecule has 0 radical (unpaired) electrons. The lowest BCUT2D eigenvalue weighted by atomic mass is 10.1. The number of Topliss-reactive ketones (excluding diaryl/α,β-unsaturated/α-hetero) is 1. The van der Waals surface area contributed by atoms with E-state index < -0.39 is 0 Å². The second-order valence-corrected chi connectivity index (χ2v) is 3.41. The van der Waals surface area contributed by atoms with Crippen LogP contribution in [0.3, 0.4) is 0 Å². The van der Waals surface area contributed by atoms with Gasteiger partial charge in [0.1, 0.15) is 5.78 Å². The van der Waals surface area contributed by atoms with E-state index in [2.05, 4.69) is 15.9 Å². The van der Waals surface area contributed by atoms with Gasteiger partial charge in [0.15, 0.2) is 0 Å². The molecule has 64 valence electrons. The van der Waals surface area contributed by atoms with Gasteiger partial charge in [0.2, 0.25) is 0 Å². The van der Waals surface area contributed by atoms with Gasteiger partial charge in [0.05, 0.1) is 11.4 Å². The van der Waals surface area contributed by atoms with Crippen LogP contribution >= 0.6 is 15.9 Å². The van der Waals surface area contributed by atoms with Crippen molar-refractivity contribution in [3.8, 4) is 0 Å². The van der Waals surface area contributed by atoms with Crippen LogP contribution in [0, 0.1) is 0 Å². The molecule has 1 aliphatic heterocycles. The number of alkyl halides is 1. The first-order valence-electron chi connectivity index (χ1n) is 4.02. The lowest BCUT2D eigenvalue weighted by Crippen LogP contribution is -2.08. The molecule has 0 bridgehead atoms. The minimum absolute atomic E-state index is 0.278. The maximum atomic E-state index is 10.9. The zero-order valence-electron chi connectivity index (χ0n) is 6.51. The molecule has 1 fully saturated rings. The molecule has 1 saturated heterocycles. The molecule has 0 aromatic carbocycles. The fourth-order valence-corrected chi connectivity index (χ4v) is 1.54. The summed E-state index contributed by atoms with van der Waals surface area (Å²) in [4.78, 5) is 10.9. The van der Waals surface area contributed by atoms with Gasteiger partial charge in [0.25, 0.3) is 0 Å². The smallest absolute Gasteiger partial charge is 0.143 e. The highest BCUT2D eigenvalue weighted by Gasteiger charge is 2.15. The van der Waals surface area contributed by atoms with Crippen LogP contribution in [0.2, 0.25) is 0 Å². The highest BCUT2D eigenvalue weighted by molar-refractivity contribution is 9.09. The fraction of sp³-hybridized carbons (Fsp3) is 0.875. The van der Waals surface area contributed by atoms with Crippen molar-refractivity contribution < 1.29 is 9.53 Å². The van der Waals surface area contributed by atoms with Crippen molar-refractivity contribution in [1.29, 1.82) is 0 Å². The van der Waals surface area contributed by atoms with Gasteiger partial charge in [0, 0.05) is 13.0 Å². The molecule has 0 aromatic heterocycles. The second kappa shape index (κ2) is 4.88. The third kappa shape index (κ3) is 3.34. The van der Waals surface area contributed by atoms with E-state index >= 15 is 0 Å². The molecule has 3 heteroatoms. The van der Waals surface area contributed by atoms with Crippen LogP contribution in [0.25, 0.3) is 0 Å². The molecule has 0 aromatic rings. The summed E-state index contributed by atoms with van der Waals surface area (Å²) in [6.07, 6.45) is 4.22. The number of halogens is 1. The van der Waals surface area contributed by atoms with E-state index in [1.807, 2.05) is 0 Å². The number of hydrogen-bond donors (Lipinski definition) is 0. The molecule has 0 amide bonds. The van der Waals surface area contributed by atoms with Crippen molar-refractivity contribution in [3.05, 3.63) is 0 Å². The van der Waals surface area contributed by atoms with E-state index in [0.29, 0.717) is 17.9 Å². The van der Waals surface area contributed by atoms with Crippen molar-refractivity contribution in [3.63, 3.8) is 0 Å². The first kappa shape index (κ1) is 9.20. The normalized spacial score (nSPS) is 23.9. The first-order valence-corrected chi connectivity index (χ1v) is 5.14. The second-order valence-electron chi connectivity index (χ2n) is 2.85. The predicted molar refractivity (Wildman–Crippen MR) is 47.0 cm³/mol. The van der Waals surface area contributed by atoms with Crippen molar-refractivity contribution in [2.24, 2.45) is 0 Å². The Morgan fingerprint density at radius 2 is 2.45 bits per heavy atom. The first-order chi connectivity index (χ1) is 5.33. The van der Waals surface area contributed by atoms with Crippen LogP contribution in [0.15, 0.2) is 0 Å². The average Bonchev–Trinajstić information content (AvgIpc) is 2.52. The summed E-state index contributed by atoms with van der Waals surface area (Å²) in [5, 5.41) is 0.486. The number of ether oxygens (including phenoxy) is 1. The van der Waals surface area contributed by atoms with Gasteiger partial charge in [-0.3, -0.25) is 4.79 Å². The fourth-order valence-electron chi connectivity index (χ4n) is 1.26. The Labute approximate surface area is 75.4 Å². The molecule has 0 unspecified atom stereocenters. The van der Waals surface area contributed by atoms with Gasteiger partial charge >= 0.3 is 0 Å². The third-order valence-electron chi connectivity index (χ3n) is 1.92. The zero-order chi connectivity index (χ0) is 8.10. The lowest BCUT2D eigenvalue weighted by Gasteiger charge is -2.06. The van der Waals surface area contributed by atoms with Gasteiger partial charge in [-0.05, 0) is 19.3 Å². The van der Waals surface area contributed by atoms with Crippen LogP contribution in [-0.4, -0.2) is 23.8 Å². The SMILES string of the molecule is O=C(CBr)CC[C@H]1CCCO1. The van der Waals surface area contributed by atoms with E-state index in [9.17, 15) is 4.79 Å². The summed E-state index contributed by atoms with van der Waals surface area (Å²) < 4.78 is 5.38. The molecule has 1 aliphatic rings. The Morgan fingerprint density at radius 1 is 1.64 bits per heavy atom. The van der Waals surface area contributed by atoms with Gasteiger partial charge in [-0.2, -0.15) is 0 Å². The molecule has 0 saturated carbocycles. The maximum absolute atomic E-state index is 10.9. The predicted octanol–water partition coefficient (Wildman–Crippen LogP) is 1.91. The van der Waals surface area contributed by atoms with Gasteiger partial charge < -0.3 is 4.74 Å². The topological polar surface area (TPSA) is 26.3 Å². The van der Waals surface area contributed by atoms with Gasteiger partial charge in [-0.15, -0.1) is 0 Å². The quantitative estimate of drug-likeness (QED) is 0.678. The molecule has 0 spiro atoms. The molecule has 11 heavy (non-hydrogen) atoms. The largest absolute Gasteiger partial charge is 0.378 e. The molecule has 1 heterocycles. The number of hydrogen-bond acceptors (Lipinski definition) is 2. The van der Waals surface area contributed by atoms with Gasteiger partial charge in [-0.1, -0.05) is 15.9 Å². The lowest BCUT2D eigenvalue weighted by molar-refractivity contribution is -0.117. The molecular formula is C8H13BrO2. The third-order valence-corrected chi connectivity index (χ3v) is 2.54. The van der Waals surface area contributed by atoms with E-state index in [-0.39, 0.29) is 5.78 Å². The Bertz CT molecular complexity index is 130. The molecule has 1 rings (SSSR count). The molecule has 1 atom stereocenters. The van der Waals surface area contributed by atoms with Gasteiger partial charge in [-0.25, -0.2) is 0 Å². The molecule has 0 N–H and O–H groups in total. The van der Waals surface area contributed by atoms with E-state index in [0.717, 1.165) is 25.9 Å². The Hall–Kier alpha value is 0.110. The van der Waals surface area contributed by atoms with Crippen LogP contribution in [0.4, 0.5) is 0 Å². The minimum Gasteiger partial charge on any atom is -0.378 e. The summed E-state index contributed by atoms with van der Waals surface area (Å²) in [5.41, 5.74) is 0. The van der Waals surface area contributed by atoms with Crippen LogP contribution in [-0.2, 0) is 9.53 Å². The van der Waals surface area contributed by atoms with Crippen LogP contribution < -0.4 is 0 Å². The van der Waals surface area contributed by atoms with E-state index in [1.54, 1.807) is 0 Å². The maximum Gasteiger partial charge on any atom is 0.143 e. The Morgan fingerprint density at radius 3 is 3.00 bits per heavy atom. The van der Waals surface area contributed by atoms with E-state index in [4.69, 9.17) is 4.74 Å². The average molecular weight is 221 g/mol. The number of carbonyl (C=O) groups is 1. The number of ketones is 1. The summed E-state index contributed by atoms with van der Waals surface area (Å²) in [6.45, 7) is 0.882. The summed E-state index contributed by atoms with van der Waals surface area (Å²) in [5.74, 6) is 0.278. The summed E-state index contributed by atoms with van der Waals surface area (Å²) in [7, 11) is 0. The number of rotatable bonds is 4. The van der Waals surface area contributed by atoms with Crippen molar-refractivity contribution in [2.45, 2.75) is 31.8 Å². The van der Waals surface area contributed by atoms with Crippen molar-refractivity contribution >= 4 is 21.7 Å². The molecular weight excluding hydrogens is 208 g/mol. The monoisotopic (exact) mass is 220 g/mol. The summed E-state index contributed by atoms with van der Waals surface area (Å²) in [6, 6.07) is 0. The standard InChI is InChI=1S/C8H13BrO2/c9-6-7(10)3-4-8-2-1-5-11-8/h8H,1-6H2/t8-/m1/s1. The van der Waals surface area contributed by atoms with Crippen LogP contribution in [0.5, 0.6) is 0 Å². The van der Waals surface area contributed by atoms with Crippen LogP contribution in [0.1, 0.15) is 25.7 Å². The highest BCUT2D eigenvalue weighted by atomic mass is 79.9. The molecule has 2 nitrogen and oxygen atoms in total. The Kier molecular flexibility index (Phi) is 4.08. The van der Waals surface area contributed by atoms with E-state index in [1.165, 1.54) is 0 Å². The number of carbonyl (C=O) groups excluding carboxylic acids is 1.